The molecular formula is C16H13N7O2S. The smallest absolute Gasteiger partial charge is 0.238 e. The fourth-order valence-corrected chi connectivity index (χ4v) is 2.97. The number of sulfonamides is 1. The maximum Gasteiger partial charge on any atom is 0.238 e. The summed E-state index contributed by atoms with van der Waals surface area (Å²) in [6.07, 6.45) is 4.74. The predicted molar refractivity (Wildman–Crippen MR) is 95.6 cm³/mol. The molecular weight excluding hydrogens is 354 g/mol. The van der Waals surface area contributed by atoms with Crippen molar-refractivity contribution in [2.24, 2.45) is 5.14 Å². The molecule has 0 bridgehead atoms. The van der Waals surface area contributed by atoms with Gasteiger partial charge in [-0.1, -0.05) is 6.07 Å². The topological polar surface area (TPSA) is 129 Å². The third-order valence-electron chi connectivity index (χ3n) is 3.68. The lowest BCUT2D eigenvalue weighted by Gasteiger charge is -2.07. The van der Waals surface area contributed by atoms with Crippen molar-refractivity contribution in [3.05, 3.63) is 61.2 Å². The third-order valence-corrected chi connectivity index (χ3v) is 4.61. The number of hydrogen-bond donors (Lipinski definition) is 2. The Morgan fingerprint density at radius 3 is 2.50 bits per heavy atom. The second-order valence-electron chi connectivity index (χ2n) is 5.40. The van der Waals surface area contributed by atoms with Crippen LogP contribution in [0.2, 0.25) is 0 Å². The minimum absolute atomic E-state index is 0.0406. The average molecular weight is 367 g/mol. The predicted octanol–water partition coefficient (Wildman–Crippen LogP) is 1.60. The molecule has 0 aliphatic rings. The van der Waals surface area contributed by atoms with Crippen molar-refractivity contribution >= 4 is 32.6 Å². The first-order valence-corrected chi connectivity index (χ1v) is 9.07. The summed E-state index contributed by atoms with van der Waals surface area (Å²) >= 11 is 0. The van der Waals surface area contributed by atoms with Gasteiger partial charge in [0.15, 0.2) is 11.5 Å². The molecule has 3 N–H and O–H groups in total. The van der Waals surface area contributed by atoms with Gasteiger partial charge in [0.05, 0.1) is 16.5 Å². The highest BCUT2D eigenvalue weighted by Crippen LogP contribution is 2.24. The van der Waals surface area contributed by atoms with Gasteiger partial charge in [-0.2, -0.15) is 9.78 Å². The van der Waals surface area contributed by atoms with Crippen LogP contribution in [0.4, 0.5) is 11.5 Å². The SMILES string of the molecule is NS(=O)(=O)c1ccc(Nc2ncnc3c2cnn3-c2ccccn2)cc1. The van der Waals surface area contributed by atoms with Gasteiger partial charge in [-0.3, -0.25) is 0 Å². The number of benzene rings is 1. The second kappa shape index (κ2) is 6.17. The second-order valence-corrected chi connectivity index (χ2v) is 6.96. The van der Waals surface area contributed by atoms with Crippen molar-refractivity contribution in [3.63, 3.8) is 0 Å². The van der Waals surface area contributed by atoms with Crippen LogP contribution in [-0.4, -0.2) is 33.2 Å². The quantitative estimate of drug-likeness (QED) is 0.560. The number of nitrogens with one attached hydrogen (secondary N) is 1. The van der Waals surface area contributed by atoms with Crippen LogP contribution < -0.4 is 10.5 Å². The Kier molecular flexibility index (Phi) is 3.82. The van der Waals surface area contributed by atoms with Crippen LogP contribution in [0, 0.1) is 0 Å². The molecule has 0 spiro atoms. The van der Waals surface area contributed by atoms with E-state index >= 15 is 0 Å². The van der Waals surface area contributed by atoms with E-state index < -0.39 is 10.0 Å². The van der Waals surface area contributed by atoms with E-state index in [-0.39, 0.29) is 4.90 Å². The molecule has 0 unspecified atom stereocenters. The zero-order chi connectivity index (χ0) is 18.1. The number of rotatable bonds is 4. The Hall–Kier alpha value is -3.37. The monoisotopic (exact) mass is 367 g/mol. The van der Waals surface area contributed by atoms with Gasteiger partial charge in [-0.15, -0.1) is 0 Å². The number of nitrogens with zero attached hydrogens (tertiary/aromatic N) is 5. The van der Waals surface area contributed by atoms with E-state index in [0.29, 0.717) is 28.4 Å². The Morgan fingerprint density at radius 2 is 1.81 bits per heavy atom. The van der Waals surface area contributed by atoms with Gasteiger partial charge in [-0.25, -0.2) is 28.5 Å². The van der Waals surface area contributed by atoms with E-state index in [9.17, 15) is 8.42 Å². The highest BCUT2D eigenvalue weighted by Gasteiger charge is 2.12. The third kappa shape index (κ3) is 2.98. The van der Waals surface area contributed by atoms with Crippen molar-refractivity contribution in [1.82, 2.24) is 24.7 Å². The molecule has 0 aliphatic carbocycles. The fourth-order valence-electron chi connectivity index (χ4n) is 2.46. The van der Waals surface area contributed by atoms with Crippen molar-refractivity contribution in [3.8, 4) is 5.82 Å². The number of nitrogens with two attached hydrogens (primary N) is 1. The van der Waals surface area contributed by atoms with Crippen LogP contribution in [0.3, 0.4) is 0 Å². The lowest BCUT2D eigenvalue weighted by molar-refractivity contribution is 0.598. The summed E-state index contributed by atoms with van der Waals surface area (Å²) < 4.78 is 24.3. The zero-order valence-corrected chi connectivity index (χ0v) is 14.1. The molecule has 0 saturated heterocycles. The Bertz CT molecular complexity index is 1170. The Labute approximate surface area is 148 Å². The van der Waals surface area contributed by atoms with Gasteiger partial charge in [0, 0.05) is 11.9 Å². The minimum Gasteiger partial charge on any atom is -0.340 e. The molecule has 3 aromatic heterocycles. The first-order chi connectivity index (χ1) is 12.5. The summed E-state index contributed by atoms with van der Waals surface area (Å²) in [5.41, 5.74) is 1.25. The number of primary sulfonamides is 1. The summed E-state index contributed by atoms with van der Waals surface area (Å²) in [7, 11) is -3.73. The maximum absolute atomic E-state index is 11.3. The van der Waals surface area contributed by atoms with Crippen molar-refractivity contribution in [2.75, 3.05) is 5.32 Å². The molecule has 26 heavy (non-hydrogen) atoms. The van der Waals surface area contributed by atoms with Gasteiger partial charge in [0.1, 0.15) is 12.1 Å². The molecule has 3 heterocycles. The van der Waals surface area contributed by atoms with Gasteiger partial charge in [0.25, 0.3) is 0 Å². The van der Waals surface area contributed by atoms with E-state index in [4.69, 9.17) is 5.14 Å². The number of hydrogen-bond acceptors (Lipinski definition) is 7. The number of aromatic nitrogens is 5. The number of anilines is 2. The van der Waals surface area contributed by atoms with Gasteiger partial charge < -0.3 is 5.32 Å². The van der Waals surface area contributed by atoms with E-state index in [2.05, 4.69) is 25.4 Å². The summed E-state index contributed by atoms with van der Waals surface area (Å²) in [6.45, 7) is 0. The molecule has 10 heteroatoms. The van der Waals surface area contributed by atoms with Gasteiger partial charge >= 0.3 is 0 Å². The molecule has 0 saturated carbocycles. The molecule has 0 radical (unpaired) electrons. The lowest BCUT2D eigenvalue weighted by atomic mass is 10.3. The number of fused-ring (bicyclic) bond motifs is 1. The van der Waals surface area contributed by atoms with Crippen LogP contribution in [0.25, 0.3) is 16.9 Å². The first kappa shape index (κ1) is 16.1. The zero-order valence-electron chi connectivity index (χ0n) is 13.3. The van der Waals surface area contributed by atoms with Crippen molar-refractivity contribution < 1.29 is 8.42 Å². The van der Waals surface area contributed by atoms with Crippen molar-refractivity contribution in [1.29, 1.82) is 0 Å². The van der Waals surface area contributed by atoms with Crippen molar-refractivity contribution in [2.45, 2.75) is 4.90 Å². The molecule has 0 fully saturated rings. The Morgan fingerprint density at radius 1 is 1.00 bits per heavy atom. The average Bonchev–Trinajstić information content (AvgIpc) is 3.07. The van der Waals surface area contributed by atoms with E-state index in [1.54, 1.807) is 29.2 Å². The largest absolute Gasteiger partial charge is 0.340 e. The Balaban J connectivity index is 1.71. The number of pyridine rings is 1. The molecule has 0 aliphatic heterocycles. The van der Waals surface area contributed by atoms with Crippen LogP contribution in [0.1, 0.15) is 0 Å². The lowest BCUT2D eigenvalue weighted by Crippen LogP contribution is -2.11. The summed E-state index contributed by atoms with van der Waals surface area (Å²) in [5.74, 6) is 1.19. The first-order valence-electron chi connectivity index (χ1n) is 7.52. The maximum atomic E-state index is 11.3. The molecule has 4 rings (SSSR count). The summed E-state index contributed by atoms with van der Waals surface area (Å²) in [6, 6.07) is 11.6. The normalized spacial score (nSPS) is 11.6. The summed E-state index contributed by atoms with van der Waals surface area (Å²) in [5, 5.41) is 13.3. The van der Waals surface area contributed by atoms with Crippen LogP contribution in [0.15, 0.2) is 66.1 Å². The fraction of sp³-hybridized carbons (Fsp3) is 0. The van der Waals surface area contributed by atoms with Gasteiger partial charge in [-0.05, 0) is 36.4 Å². The molecule has 9 nitrogen and oxygen atoms in total. The van der Waals surface area contributed by atoms with E-state index in [1.807, 2.05) is 18.2 Å². The molecule has 0 amide bonds. The standard InChI is InChI=1S/C16H13N7O2S/c17-26(24,25)12-6-4-11(5-7-12)22-15-13-9-21-23(16(13)20-10-19-15)14-3-1-2-8-18-14/h1-10H,(H2,17,24,25)(H,19,20,22). The summed E-state index contributed by atoms with van der Waals surface area (Å²) in [4.78, 5) is 12.8. The molecule has 0 atom stereocenters. The molecule has 130 valence electrons. The highest BCUT2D eigenvalue weighted by atomic mass is 32.2. The van der Waals surface area contributed by atoms with Crippen LogP contribution in [-0.2, 0) is 10.0 Å². The van der Waals surface area contributed by atoms with Crippen LogP contribution >= 0.6 is 0 Å². The van der Waals surface area contributed by atoms with Crippen LogP contribution in [0.5, 0.6) is 0 Å². The highest BCUT2D eigenvalue weighted by molar-refractivity contribution is 7.89. The van der Waals surface area contributed by atoms with E-state index in [0.717, 1.165) is 0 Å². The molecule has 4 aromatic rings. The molecule has 1 aromatic carbocycles. The van der Waals surface area contributed by atoms with Gasteiger partial charge in [0.2, 0.25) is 10.0 Å². The minimum atomic E-state index is -3.73. The van der Waals surface area contributed by atoms with E-state index in [1.165, 1.54) is 18.5 Å².